The van der Waals surface area contributed by atoms with Gasteiger partial charge >= 0.3 is 0 Å². The average Bonchev–Trinajstić information content (AvgIpc) is 3.08. The van der Waals surface area contributed by atoms with Gasteiger partial charge in [-0.25, -0.2) is 0 Å². The number of hydrogen-bond donors (Lipinski definition) is 0. The molecule has 0 bridgehead atoms. The van der Waals surface area contributed by atoms with Gasteiger partial charge in [-0.3, -0.25) is 0 Å². The van der Waals surface area contributed by atoms with Gasteiger partial charge in [0.2, 0.25) is 5.69 Å². The third-order valence-electron chi connectivity index (χ3n) is 10.9. The van der Waals surface area contributed by atoms with E-state index in [-0.39, 0.29) is 21.8 Å². The van der Waals surface area contributed by atoms with Crippen molar-refractivity contribution in [3.05, 3.63) is 64.8 Å². The summed E-state index contributed by atoms with van der Waals surface area (Å²) in [4.78, 5) is 0. The van der Waals surface area contributed by atoms with E-state index in [0.717, 1.165) is 6.42 Å². The lowest BCUT2D eigenvalue weighted by Gasteiger charge is -2.49. The molecule has 2 aromatic carbocycles. The first kappa shape index (κ1) is 27.4. The molecule has 1 aliphatic heterocycles. The van der Waals surface area contributed by atoms with Crippen LogP contribution in [0.1, 0.15) is 136 Å². The smallest absolute Gasteiger partial charge is 0.192 e. The molecule has 0 saturated heterocycles. The first-order chi connectivity index (χ1) is 18.0. The summed E-state index contributed by atoms with van der Waals surface area (Å²) >= 11 is 0. The van der Waals surface area contributed by atoms with Gasteiger partial charge in [0.1, 0.15) is 0 Å². The Balaban J connectivity index is 1.87. The molecule has 2 atom stereocenters. The molecular weight excluding hydrogens is 458 g/mol. The lowest BCUT2D eigenvalue weighted by atomic mass is 9.57. The summed E-state index contributed by atoms with van der Waals surface area (Å²) in [7, 11) is 0. The number of benzene rings is 2. The van der Waals surface area contributed by atoms with Crippen LogP contribution in [0.4, 0.5) is 0 Å². The van der Waals surface area contributed by atoms with Gasteiger partial charge in [-0.05, 0) is 82.5 Å². The van der Waals surface area contributed by atoms with Crippen molar-refractivity contribution < 1.29 is 4.57 Å². The molecule has 38 heavy (non-hydrogen) atoms. The molecule has 2 unspecified atom stereocenters. The van der Waals surface area contributed by atoms with Crippen LogP contribution in [0.5, 0.6) is 0 Å². The highest BCUT2D eigenvalue weighted by atomic mass is 15.1. The zero-order chi connectivity index (χ0) is 27.5. The number of fused-ring (bicyclic) bond motifs is 5. The first-order valence-corrected chi connectivity index (χ1v) is 15.7. The van der Waals surface area contributed by atoms with Gasteiger partial charge < -0.3 is 0 Å². The van der Waals surface area contributed by atoms with Crippen molar-refractivity contribution in [2.24, 2.45) is 0 Å². The van der Waals surface area contributed by atoms with Crippen LogP contribution in [-0.2, 0) is 28.2 Å². The fraction of sp³-hybridized carbons (Fsp3) is 0.595. The van der Waals surface area contributed by atoms with Crippen molar-refractivity contribution in [2.75, 3.05) is 0 Å². The molecule has 0 fully saturated rings. The monoisotopic (exact) mass is 510 g/mol. The van der Waals surface area contributed by atoms with Crippen molar-refractivity contribution in [3.8, 4) is 11.3 Å². The highest BCUT2D eigenvalue weighted by Crippen LogP contribution is 2.56. The van der Waals surface area contributed by atoms with Crippen molar-refractivity contribution in [1.29, 1.82) is 0 Å². The van der Waals surface area contributed by atoms with Crippen molar-refractivity contribution >= 4 is 10.8 Å². The van der Waals surface area contributed by atoms with Crippen LogP contribution in [0.15, 0.2) is 42.6 Å². The lowest BCUT2D eigenvalue weighted by molar-refractivity contribution is -0.766. The number of rotatable bonds is 8. The molecule has 0 saturated carbocycles. The second-order valence-electron chi connectivity index (χ2n) is 14.2. The Hall–Kier alpha value is -2.15. The topological polar surface area (TPSA) is 3.88 Å². The highest BCUT2D eigenvalue weighted by molar-refractivity contribution is 5.90. The summed E-state index contributed by atoms with van der Waals surface area (Å²) < 4.78 is 2.77. The van der Waals surface area contributed by atoms with Crippen LogP contribution < -0.4 is 4.57 Å². The third-order valence-corrected chi connectivity index (χ3v) is 10.9. The second-order valence-corrected chi connectivity index (χ2v) is 14.2. The van der Waals surface area contributed by atoms with E-state index >= 15 is 0 Å². The summed E-state index contributed by atoms with van der Waals surface area (Å²) in [6.07, 6.45) is 13.6. The maximum atomic E-state index is 2.77. The molecule has 1 aliphatic carbocycles. The van der Waals surface area contributed by atoms with Gasteiger partial charge in [-0.2, -0.15) is 4.57 Å². The van der Waals surface area contributed by atoms with Crippen LogP contribution in [0.3, 0.4) is 0 Å². The van der Waals surface area contributed by atoms with Crippen LogP contribution in [0.25, 0.3) is 22.0 Å². The second kappa shape index (κ2) is 9.50. The van der Waals surface area contributed by atoms with Gasteiger partial charge in [0.15, 0.2) is 11.7 Å². The Labute approximate surface area is 233 Å². The average molecular weight is 511 g/mol. The molecule has 0 radical (unpaired) electrons. The van der Waals surface area contributed by atoms with Crippen LogP contribution in [0.2, 0.25) is 0 Å². The summed E-state index contributed by atoms with van der Waals surface area (Å²) in [5.41, 5.74) is 9.68. The number of aromatic nitrogens is 1. The van der Waals surface area contributed by atoms with Gasteiger partial charge in [0, 0.05) is 25.0 Å². The van der Waals surface area contributed by atoms with E-state index in [9.17, 15) is 0 Å². The summed E-state index contributed by atoms with van der Waals surface area (Å²) in [5, 5.41) is 2.82. The minimum Gasteiger partial charge on any atom is -0.192 e. The molecule has 2 heterocycles. The van der Waals surface area contributed by atoms with Gasteiger partial charge in [0.05, 0.1) is 11.0 Å². The molecule has 0 amide bonds. The van der Waals surface area contributed by atoms with E-state index in [0.29, 0.717) is 0 Å². The Kier molecular flexibility index (Phi) is 6.85. The largest absolute Gasteiger partial charge is 0.213 e. The van der Waals surface area contributed by atoms with Gasteiger partial charge in [0.25, 0.3) is 0 Å². The minimum absolute atomic E-state index is 0.0336. The molecule has 2 aliphatic rings. The lowest BCUT2D eigenvalue weighted by Crippen LogP contribution is -2.68. The minimum atomic E-state index is 0.0336. The van der Waals surface area contributed by atoms with E-state index in [4.69, 9.17) is 0 Å². The van der Waals surface area contributed by atoms with Crippen molar-refractivity contribution in [1.82, 2.24) is 0 Å². The van der Waals surface area contributed by atoms with Gasteiger partial charge in [-0.15, -0.1) is 0 Å². The fourth-order valence-electron chi connectivity index (χ4n) is 8.71. The van der Waals surface area contributed by atoms with E-state index < -0.39 is 0 Å². The maximum absolute atomic E-state index is 2.77. The van der Waals surface area contributed by atoms with Gasteiger partial charge in [-0.1, -0.05) is 92.9 Å². The highest BCUT2D eigenvalue weighted by Gasteiger charge is 2.59. The van der Waals surface area contributed by atoms with Crippen molar-refractivity contribution in [2.45, 2.75) is 142 Å². The molecule has 204 valence electrons. The van der Waals surface area contributed by atoms with E-state index in [1.165, 1.54) is 79.0 Å². The van der Waals surface area contributed by atoms with Crippen molar-refractivity contribution in [3.63, 3.8) is 0 Å². The summed E-state index contributed by atoms with van der Waals surface area (Å²) in [6, 6.07) is 15.0. The Morgan fingerprint density at radius 1 is 0.711 bits per heavy atom. The normalized spacial score (nSPS) is 24.8. The molecule has 3 aromatic rings. The van der Waals surface area contributed by atoms with Crippen LogP contribution in [-0.4, -0.2) is 0 Å². The molecule has 5 rings (SSSR count). The Morgan fingerprint density at radius 3 is 2.08 bits per heavy atom. The Morgan fingerprint density at radius 2 is 1.42 bits per heavy atom. The summed E-state index contributed by atoms with van der Waals surface area (Å²) in [5.74, 6) is 0. The standard InChI is InChI=1S/C37H52N/c1-10-14-16-26-17-18-27-22-30-29(21-28(27)20-26)33-23-31-32(35(7,8)25-34(31,5)6)24-38(33)36(9,12-3)37(30,13-4)19-15-11-2/h17-18,20-24H,10-16,19,25H2,1-9H3/q+1. The Bertz CT molecular complexity index is 1360. The predicted molar refractivity (Wildman–Crippen MR) is 164 cm³/mol. The number of pyridine rings is 1. The molecule has 0 N–H and O–H groups in total. The predicted octanol–water partition coefficient (Wildman–Crippen LogP) is 10.1. The van der Waals surface area contributed by atoms with E-state index in [1.54, 1.807) is 16.7 Å². The number of unbranched alkanes of at least 4 members (excludes halogenated alkanes) is 2. The summed E-state index contributed by atoms with van der Waals surface area (Å²) in [6.45, 7) is 21.9. The quantitative estimate of drug-likeness (QED) is 0.265. The molecule has 0 spiro atoms. The molecule has 1 heteroatoms. The molecular formula is C37H52N+. The van der Waals surface area contributed by atoms with E-state index in [2.05, 4.69) is 109 Å². The SMILES string of the molecule is CCCCc1ccc2cc3c(cc2c1)-c1cc2c(c[n+]1C(C)(CC)C3(CC)CCCC)C(C)(C)CC2(C)C. The molecule has 1 aromatic heterocycles. The number of aryl methyl sites for hydroxylation is 1. The molecule has 1 nitrogen and oxygen atoms in total. The van der Waals surface area contributed by atoms with Crippen LogP contribution >= 0.6 is 0 Å². The third kappa shape index (κ3) is 3.89. The number of hydrogen-bond acceptors (Lipinski definition) is 0. The maximum Gasteiger partial charge on any atom is 0.213 e. The van der Waals surface area contributed by atoms with Crippen LogP contribution in [0, 0.1) is 0 Å². The first-order valence-electron chi connectivity index (χ1n) is 15.7. The zero-order valence-electron chi connectivity index (χ0n) is 25.9. The number of nitrogens with zero attached hydrogens (tertiary/aromatic N) is 1. The van der Waals surface area contributed by atoms with E-state index in [1.807, 2.05) is 0 Å². The zero-order valence-corrected chi connectivity index (χ0v) is 25.9. The fourth-order valence-corrected chi connectivity index (χ4v) is 8.71.